The lowest BCUT2D eigenvalue weighted by Gasteiger charge is -2.42. The van der Waals surface area contributed by atoms with Crippen molar-refractivity contribution in [2.75, 3.05) is 0 Å². The second-order valence-electron chi connectivity index (χ2n) is 16.0. The summed E-state index contributed by atoms with van der Waals surface area (Å²) in [6, 6.07) is 7.99. The van der Waals surface area contributed by atoms with E-state index in [2.05, 4.69) is 105 Å². The number of rotatable bonds is 11. The van der Waals surface area contributed by atoms with Crippen LogP contribution in [0.3, 0.4) is 0 Å². The number of aryl methyl sites for hydroxylation is 1. The molecule has 0 aliphatic heterocycles. The second kappa shape index (κ2) is 13.8. The lowest BCUT2D eigenvalue weighted by Crippen LogP contribution is -2.52. The first kappa shape index (κ1) is 37.4. The molecule has 6 nitrogen and oxygen atoms in total. The van der Waals surface area contributed by atoms with Gasteiger partial charge in [-0.05, 0) is 101 Å². The Balaban J connectivity index is 3.48. The number of carbonyl (C=O) groups excluding carboxylic acids is 2. The summed E-state index contributed by atoms with van der Waals surface area (Å²) < 4.78 is 18.9. The molecule has 1 aromatic rings. The summed E-state index contributed by atoms with van der Waals surface area (Å²) in [6.07, 6.45) is 0.217. The Morgan fingerprint density at radius 1 is 0.829 bits per heavy atom. The van der Waals surface area contributed by atoms with Crippen molar-refractivity contribution >= 4 is 28.7 Å². The van der Waals surface area contributed by atoms with Gasteiger partial charge in [-0.25, -0.2) is 4.79 Å². The van der Waals surface area contributed by atoms with Gasteiger partial charge in [0.05, 0.1) is 18.1 Å². The summed E-state index contributed by atoms with van der Waals surface area (Å²) in [7, 11) is -4.61. The molecule has 0 aliphatic carbocycles. The van der Waals surface area contributed by atoms with Gasteiger partial charge < -0.3 is 18.9 Å². The second-order valence-corrected chi connectivity index (χ2v) is 25.4. The van der Waals surface area contributed by atoms with Crippen molar-refractivity contribution < 1.29 is 23.2 Å². The molecule has 236 valence electrons. The number of carbonyl (C=O) groups is 2. The van der Waals surface area contributed by atoms with E-state index in [0.29, 0.717) is 12.8 Å². The third kappa shape index (κ3) is 11.5. The van der Waals surface area contributed by atoms with Gasteiger partial charge in [-0.2, -0.15) is 0 Å². The molecule has 1 N–H and O–H groups in total. The van der Waals surface area contributed by atoms with Crippen LogP contribution in [0, 0.1) is 12.8 Å². The molecule has 8 heteroatoms. The van der Waals surface area contributed by atoms with Crippen molar-refractivity contribution in [2.24, 2.45) is 5.92 Å². The van der Waals surface area contributed by atoms with Crippen molar-refractivity contribution in [2.45, 2.75) is 156 Å². The summed E-state index contributed by atoms with van der Waals surface area (Å²) in [5.41, 5.74) is 1.84. The standard InChI is InChI=1S/C33H61NO5Si2/c1-23-19-17-18-20-27(23)24(2)21-26(29(35)39-41(15,16)33(10,11)12)22-28(38-40(13,14)32(7,8)9)25(3)34-30(36)37-31(4,5)6/h17-20,24-26,28H,21-22H2,1-16H3,(H,34,36)/t24?,25-,26+,28+/m0/s1. The highest BCUT2D eigenvalue weighted by atomic mass is 28.4. The fourth-order valence-corrected chi connectivity index (χ4v) is 6.63. The van der Waals surface area contributed by atoms with Crippen molar-refractivity contribution in [1.82, 2.24) is 5.32 Å². The van der Waals surface area contributed by atoms with Crippen LogP contribution in [0.4, 0.5) is 4.79 Å². The molecule has 1 unspecified atom stereocenters. The normalized spacial score (nSPS) is 16.4. The average molecular weight is 608 g/mol. The predicted molar refractivity (Wildman–Crippen MR) is 177 cm³/mol. The molecule has 0 spiro atoms. The van der Waals surface area contributed by atoms with Crippen LogP contribution in [0.5, 0.6) is 0 Å². The zero-order valence-corrected chi connectivity index (χ0v) is 31.1. The highest BCUT2D eigenvalue weighted by Gasteiger charge is 2.44. The molecule has 0 bridgehead atoms. The molecular weight excluding hydrogens is 547 g/mol. The highest BCUT2D eigenvalue weighted by Crippen LogP contribution is 2.41. The van der Waals surface area contributed by atoms with Gasteiger partial charge in [-0.3, -0.25) is 4.79 Å². The third-order valence-corrected chi connectivity index (χ3v) is 17.8. The Bertz CT molecular complexity index is 1020. The Hall–Kier alpha value is -1.65. The van der Waals surface area contributed by atoms with Crippen LogP contribution in [0.2, 0.25) is 36.3 Å². The highest BCUT2D eigenvalue weighted by molar-refractivity contribution is 6.75. The fourth-order valence-electron chi connectivity index (χ4n) is 4.25. The molecule has 1 amide bonds. The summed E-state index contributed by atoms with van der Waals surface area (Å²) >= 11 is 0. The molecule has 0 aromatic heterocycles. The number of hydrogen-bond acceptors (Lipinski definition) is 5. The number of nitrogens with one attached hydrogen (secondary N) is 1. The quantitative estimate of drug-likeness (QED) is 0.254. The van der Waals surface area contributed by atoms with Gasteiger partial charge >= 0.3 is 6.09 Å². The molecule has 0 aliphatic rings. The van der Waals surface area contributed by atoms with Gasteiger partial charge in [0.1, 0.15) is 5.60 Å². The van der Waals surface area contributed by atoms with E-state index in [1.54, 1.807) is 0 Å². The topological polar surface area (TPSA) is 73.9 Å². The molecule has 0 saturated heterocycles. The minimum absolute atomic E-state index is 0.0392. The lowest BCUT2D eigenvalue weighted by molar-refractivity contribution is -0.141. The Morgan fingerprint density at radius 3 is 1.80 bits per heavy atom. The monoisotopic (exact) mass is 607 g/mol. The van der Waals surface area contributed by atoms with E-state index in [9.17, 15) is 9.59 Å². The number of hydrogen-bond donors (Lipinski definition) is 1. The van der Waals surface area contributed by atoms with Gasteiger partial charge in [0.25, 0.3) is 14.3 Å². The van der Waals surface area contributed by atoms with Gasteiger partial charge in [-0.1, -0.05) is 72.7 Å². The third-order valence-electron chi connectivity index (χ3n) is 8.92. The fraction of sp³-hybridized carbons (Fsp3) is 0.758. The van der Waals surface area contributed by atoms with Gasteiger partial charge in [0.15, 0.2) is 8.32 Å². The zero-order chi connectivity index (χ0) is 32.2. The molecule has 4 atom stereocenters. The van der Waals surface area contributed by atoms with Crippen LogP contribution in [-0.4, -0.2) is 46.4 Å². The van der Waals surface area contributed by atoms with Crippen molar-refractivity contribution in [3.05, 3.63) is 35.4 Å². The van der Waals surface area contributed by atoms with Crippen LogP contribution < -0.4 is 5.32 Å². The maximum absolute atomic E-state index is 14.0. The summed E-state index contributed by atoms with van der Waals surface area (Å²) in [6.45, 7) is 33.5. The first-order chi connectivity index (χ1) is 18.3. The Labute approximate surface area is 254 Å². The zero-order valence-electron chi connectivity index (χ0n) is 29.1. The van der Waals surface area contributed by atoms with Gasteiger partial charge in [0, 0.05) is 0 Å². The van der Waals surface area contributed by atoms with Crippen LogP contribution in [0.15, 0.2) is 24.3 Å². The number of ether oxygens (including phenoxy) is 1. The molecule has 0 heterocycles. The van der Waals surface area contributed by atoms with Crippen LogP contribution in [0.1, 0.15) is 106 Å². The minimum atomic E-state index is -2.35. The Morgan fingerprint density at radius 2 is 1.34 bits per heavy atom. The summed E-state index contributed by atoms with van der Waals surface area (Å²) in [5, 5.41) is 2.88. The Kier molecular flexibility index (Phi) is 12.5. The van der Waals surface area contributed by atoms with Crippen LogP contribution in [-0.2, 0) is 18.4 Å². The molecule has 1 rings (SSSR count). The number of benzene rings is 1. The van der Waals surface area contributed by atoms with E-state index >= 15 is 0 Å². The molecule has 1 aromatic carbocycles. The maximum Gasteiger partial charge on any atom is 0.407 e. The van der Waals surface area contributed by atoms with E-state index in [1.807, 2.05) is 33.8 Å². The predicted octanol–water partition coefficient (Wildman–Crippen LogP) is 9.35. The van der Waals surface area contributed by atoms with Crippen molar-refractivity contribution in [3.63, 3.8) is 0 Å². The largest absolute Gasteiger partial charge is 0.519 e. The van der Waals surface area contributed by atoms with Gasteiger partial charge in [-0.15, -0.1) is 0 Å². The summed E-state index contributed by atoms with van der Waals surface area (Å²) in [5.74, 6) is -0.405. The minimum Gasteiger partial charge on any atom is -0.519 e. The van der Waals surface area contributed by atoms with E-state index in [0.717, 1.165) is 0 Å². The SMILES string of the molecule is Cc1ccccc1C(C)C[C@H](C[C@@H](O[Si](C)(C)C(C)(C)C)[C@H](C)NC(=O)OC(C)(C)C)C(=O)O[Si](C)(C)C(C)(C)C. The molecular formula is C33H61NO5Si2. The van der Waals surface area contributed by atoms with Crippen molar-refractivity contribution in [1.29, 1.82) is 0 Å². The summed E-state index contributed by atoms with van der Waals surface area (Å²) in [4.78, 5) is 26.8. The first-order valence-corrected chi connectivity index (χ1v) is 21.0. The van der Waals surface area contributed by atoms with E-state index < -0.39 is 34.2 Å². The molecule has 0 radical (unpaired) electrons. The maximum atomic E-state index is 14.0. The molecule has 0 saturated carbocycles. The molecule has 0 fully saturated rings. The van der Waals surface area contributed by atoms with E-state index in [1.165, 1.54) is 11.1 Å². The van der Waals surface area contributed by atoms with Gasteiger partial charge in [0.2, 0.25) is 0 Å². The average Bonchev–Trinajstić information content (AvgIpc) is 2.74. The molecule has 41 heavy (non-hydrogen) atoms. The smallest absolute Gasteiger partial charge is 0.407 e. The number of amides is 1. The van der Waals surface area contributed by atoms with E-state index in [4.69, 9.17) is 13.6 Å². The van der Waals surface area contributed by atoms with Crippen molar-refractivity contribution in [3.8, 4) is 0 Å². The lowest BCUT2D eigenvalue weighted by atomic mass is 9.85. The van der Waals surface area contributed by atoms with Crippen LogP contribution >= 0.6 is 0 Å². The number of alkyl carbamates (subject to hydrolysis) is 1. The first-order valence-electron chi connectivity index (χ1n) is 15.2. The van der Waals surface area contributed by atoms with Crippen LogP contribution in [0.25, 0.3) is 0 Å². The van der Waals surface area contributed by atoms with E-state index in [-0.39, 0.29) is 34.1 Å².